The Kier molecular flexibility index (Phi) is 5.83. The summed E-state index contributed by atoms with van der Waals surface area (Å²) in [5, 5.41) is -0.103. The third-order valence-corrected chi connectivity index (χ3v) is 8.50. The Balaban J connectivity index is 1.52. The monoisotopic (exact) mass is 520 g/mol. The smallest absolute Gasteiger partial charge is 0.416 e. The second kappa shape index (κ2) is 8.63. The van der Waals surface area contributed by atoms with Gasteiger partial charge in [0.25, 0.3) is 10.0 Å². The predicted molar refractivity (Wildman–Crippen MR) is 122 cm³/mol. The van der Waals surface area contributed by atoms with Gasteiger partial charge in [0.1, 0.15) is 12.1 Å². The van der Waals surface area contributed by atoms with Crippen LogP contribution in [-0.2, 0) is 34.5 Å². The minimum atomic E-state index is -4.48. The van der Waals surface area contributed by atoms with E-state index in [0.29, 0.717) is 5.56 Å². The molecule has 2 aliphatic heterocycles. The molecule has 1 spiro atoms. The van der Waals surface area contributed by atoms with Crippen molar-refractivity contribution in [2.24, 2.45) is 7.05 Å². The minimum absolute atomic E-state index is 0.0300. The molecule has 36 heavy (non-hydrogen) atoms. The highest BCUT2D eigenvalue weighted by Crippen LogP contribution is 2.46. The molecule has 0 aliphatic carbocycles. The molecule has 0 radical (unpaired) electrons. The Bertz CT molecular complexity index is 1380. The lowest BCUT2D eigenvalue weighted by Crippen LogP contribution is -2.52. The van der Waals surface area contributed by atoms with E-state index < -0.39 is 39.3 Å². The quantitative estimate of drug-likeness (QED) is 0.513. The Morgan fingerprint density at radius 1 is 1.11 bits per heavy atom. The van der Waals surface area contributed by atoms with Gasteiger partial charge < -0.3 is 9.30 Å². The van der Waals surface area contributed by atoms with Crippen molar-refractivity contribution < 1.29 is 31.1 Å². The Hall–Kier alpha value is -3.38. The molecule has 0 saturated carbocycles. The van der Waals surface area contributed by atoms with E-state index in [2.05, 4.69) is 4.98 Å². The highest BCUT2D eigenvalue weighted by Gasteiger charge is 2.60. The first-order valence-corrected chi connectivity index (χ1v) is 12.6. The first-order valence-electron chi connectivity index (χ1n) is 11.1. The lowest BCUT2D eigenvalue weighted by atomic mass is 9.81. The maximum Gasteiger partial charge on any atom is 0.416 e. The maximum absolute atomic E-state index is 13.4. The van der Waals surface area contributed by atoms with Crippen molar-refractivity contribution in [1.29, 1.82) is 0 Å². The number of rotatable bonds is 5. The number of carbonyl (C=O) groups is 1. The number of imidazole rings is 1. The number of hydrogen-bond acceptors (Lipinski definition) is 5. The zero-order valence-corrected chi connectivity index (χ0v) is 20.0. The van der Waals surface area contributed by atoms with Crippen molar-refractivity contribution >= 4 is 16.1 Å². The average molecular weight is 521 g/mol. The summed E-state index contributed by atoms with van der Waals surface area (Å²) in [6.45, 7) is -0.0427. The van der Waals surface area contributed by atoms with Crippen LogP contribution in [0.4, 0.5) is 18.0 Å². The van der Waals surface area contributed by atoms with Crippen LogP contribution in [0.5, 0.6) is 0 Å². The molecule has 1 amide bonds. The number of cyclic esters (lactones) is 1. The summed E-state index contributed by atoms with van der Waals surface area (Å²) in [5.41, 5.74) is -0.546. The number of ether oxygens (including phenoxy) is 1. The van der Waals surface area contributed by atoms with Crippen LogP contribution in [0.2, 0.25) is 0 Å². The molecule has 2 aliphatic rings. The molecule has 0 N–H and O–H groups in total. The van der Waals surface area contributed by atoms with Crippen LogP contribution >= 0.6 is 0 Å². The molecule has 2 unspecified atom stereocenters. The Morgan fingerprint density at radius 3 is 2.42 bits per heavy atom. The van der Waals surface area contributed by atoms with Crippen molar-refractivity contribution in [2.75, 3.05) is 19.7 Å². The van der Waals surface area contributed by atoms with E-state index >= 15 is 0 Å². The predicted octanol–water partition coefficient (Wildman–Crippen LogP) is 3.62. The first-order chi connectivity index (χ1) is 17.0. The van der Waals surface area contributed by atoms with Crippen LogP contribution in [0.3, 0.4) is 0 Å². The molecule has 1 aromatic heterocycles. The third-order valence-electron chi connectivity index (χ3n) is 6.80. The van der Waals surface area contributed by atoms with Crippen LogP contribution in [0.25, 0.3) is 0 Å². The number of benzene rings is 2. The number of nitrogens with zero attached hydrogens (tertiary/aromatic N) is 4. The van der Waals surface area contributed by atoms with E-state index in [-0.39, 0.29) is 31.3 Å². The number of hydrogen-bond donors (Lipinski definition) is 0. The van der Waals surface area contributed by atoms with E-state index in [4.69, 9.17) is 4.74 Å². The molecule has 3 aromatic rings. The Morgan fingerprint density at radius 2 is 1.81 bits per heavy atom. The molecule has 2 saturated heterocycles. The summed E-state index contributed by atoms with van der Waals surface area (Å²) >= 11 is 0. The van der Waals surface area contributed by atoms with Crippen LogP contribution < -0.4 is 0 Å². The van der Waals surface area contributed by atoms with Gasteiger partial charge in [-0.25, -0.2) is 18.2 Å². The molecule has 3 heterocycles. The van der Waals surface area contributed by atoms with Gasteiger partial charge in [0.15, 0.2) is 5.03 Å². The van der Waals surface area contributed by atoms with Crippen molar-refractivity contribution in [3.63, 3.8) is 0 Å². The van der Waals surface area contributed by atoms with Gasteiger partial charge in [0.05, 0.1) is 11.9 Å². The largest absolute Gasteiger partial charge is 0.447 e. The van der Waals surface area contributed by atoms with Crippen LogP contribution in [-0.4, -0.2) is 58.5 Å². The summed E-state index contributed by atoms with van der Waals surface area (Å²) in [4.78, 5) is 18.4. The lowest BCUT2D eigenvalue weighted by Gasteiger charge is -2.36. The van der Waals surface area contributed by atoms with Crippen LogP contribution in [0, 0.1) is 0 Å². The molecule has 2 aromatic carbocycles. The van der Waals surface area contributed by atoms with E-state index in [1.54, 1.807) is 7.05 Å². The molecule has 8 nitrogen and oxygen atoms in total. The molecule has 12 heteroatoms. The van der Waals surface area contributed by atoms with Gasteiger partial charge in [-0.2, -0.15) is 17.5 Å². The van der Waals surface area contributed by atoms with Gasteiger partial charge in [0, 0.05) is 38.8 Å². The molecule has 5 rings (SSSR count). The molecular weight excluding hydrogens is 497 g/mol. The number of alkyl halides is 3. The van der Waals surface area contributed by atoms with Crippen molar-refractivity contribution in [2.45, 2.75) is 29.2 Å². The molecule has 190 valence electrons. The third kappa shape index (κ3) is 4.13. The number of halogens is 3. The number of aromatic nitrogens is 2. The second-order valence-corrected chi connectivity index (χ2v) is 11.0. The number of aryl methyl sites for hydroxylation is 1. The van der Waals surface area contributed by atoms with Gasteiger partial charge in [-0.05, 0) is 23.3 Å². The van der Waals surface area contributed by atoms with Crippen molar-refractivity contribution in [3.8, 4) is 0 Å². The summed E-state index contributed by atoms with van der Waals surface area (Å²) in [7, 11) is -2.31. The topological polar surface area (TPSA) is 84.7 Å². The van der Waals surface area contributed by atoms with Gasteiger partial charge in [0.2, 0.25) is 0 Å². The number of sulfonamides is 1. The molecule has 2 atom stereocenters. The van der Waals surface area contributed by atoms with E-state index in [1.807, 2.05) is 30.3 Å². The summed E-state index contributed by atoms with van der Waals surface area (Å²) in [6, 6.07) is 13.8. The summed E-state index contributed by atoms with van der Waals surface area (Å²) in [5.74, 6) is -0.432. The Labute approximate surface area is 206 Å². The van der Waals surface area contributed by atoms with Gasteiger partial charge in [-0.15, -0.1) is 0 Å². The fraction of sp³-hybridized carbons (Fsp3) is 0.333. The fourth-order valence-electron chi connectivity index (χ4n) is 4.94. The van der Waals surface area contributed by atoms with Crippen molar-refractivity contribution in [3.05, 3.63) is 83.8 Å². The molecular formula is C24H23F3N4O4S. The number of carbonyl (C=O) groups excluding carboxylic acids is 1. The molecule has 2 fully saturated rings. The van der Waals surface area contributed by atoms with E-state index in [9.17, 15) is 26.4 Å². The van der Waals surface area contributed by atoms with Crippen LogP contribution in [0.1, 0.15) is 22.6 Å². The highest BCUT2D eigenvalue weighted by atomic mass is 32.2. The SMILES string of the molecule is Cn1cnc(S(=O)(=O)N2CC(c3ccccc3)C3(COC(=O)N3Cc3ccc(C(F)(F)F)cc3)C2)c1. The lowest BCUT2D eigenvalue weighted by molar-refractivity contribution is -0.137. The van der Waals surface area contributed by atoms with Crippen LogP contribution in [0.15, 0.2) is 72.1 Å². The fourth-order valence-corrected chi connectivity index (χ4v) is 6.42. The number of amides is 1. The first kappa shape index (κ1) is 24.3. The van der Waals surface area contributed by atoms with E-state index in [0.717, 1.165) is 17.7 Å². The van der Waals surface area contributed by atoms with E-state index in [1.165, 1.54) is 38.4 Å². The van der Waals surface area contributed by atoms with Gasteiger partial charge in [-0.1, -0.05) is 42.5 Å². The zero-order valence-electron chi connectivity index (χ0n) is 19.2. The maximum atomic E-state index is 13.4. The minimum Gasteiger partial charge on any atom is -0.447 e. The highest BCUT2D eigenvalue weighted by molar-refractivity contribution is 7.89. The summed E-state index contributed by atoms with van der Waals surface area (Å²) in [6.07, 6.45) is -2.31. The average Bonchev–Trinajstić information content (AvgIpc) is 3.54. The zero-order chi connectivity index (χ0) is 25.7. The molecule has 0 bridgehead atoms. The standard InChI is InChI=1S/C24H23F3N4O4S/c1-29-13-21(28-16-29)36(33,34)30-12-20(18-5-3-2-4-6-18)23(14-30)15-35-22(32)31(23)11-17-7-9-19(10-8-17)24(25,26)27/h2-10,13,16,20H,11-12,14-15H2,1H3. The summed E-state index contributed by atoms with van der Waals surface area (Å²) < 4.78 is 74.2. The van der Waals surface area contributed by atoms with Crippen molar-refractivity contribution in [1.82, 2.24) is 18.8 Å². The normalized spacial score (nSPS) is 22.9. The van der Waals surface area contributed by atoms with Gasteiger partial charge >= 0.3 is 12.3 Å². The van der Waals surface area contributed by atoms with Gasteiger partial charge in [-0.3, -0.25) is 4.90 Å². The second-order valence-electron chi connectivity index (χ2n) is 9.08.